The van der Waals surface area contributed by atoms with Gasteiger partial charge in [0.15, 0.2) is 0 Å². The van der Waals surface area contributed by atoms with E-state index in [1.807, 2.05) is 0 Å². The summed E-state index contributed by atoms with van der Waals surface area (Å²) in [4.78, 5) is 2.56. The Morgan fingerprint density at radius 2 is 0.857 bits per heavy atom. The molecule has 0 fully saturated rings. The van der Waals surface area contributed by atoms with Crippen LogP contribution in [0.5, 0.6) is 0 Å². The fraction of sp³-hybridized carbons (Fsp3) is 0.129. The molecule has 1 heteroatoms. The van der Waals surface area contributed by atoms with E-state index in [1.165, 1.54) is 113 Å². The molecule has 0 heterocycles. The first-order valence-electron chi connectivity index (χ1n) is 22.8. The van der Waals surface area contributed by atoms with E-state index < -0.39 is 5.41 Å². The van der Waals surface area contributed by atoms with E-state index in [-0.39, 0.29) is 0 Å². The lowest BCUT2D eigenvalue weighted by molar-refractivity contribution is 0.684. The second-order valence-electron chi connectivity index (χ2n) is 18.0. The summed E-state index contributed by atoms with van der Waals surface area (Å²) < 4.78 is 0. The molecule has 0 bridgehead atoms. The van der Waals surface area contributed by atoms with Gasteiger partial charge in [-0.05, 0) is 157 Å². The van der Waals surface area contributed by atoms with E-state index in [4.69, 9.17) is 0 Å². The van der Waals surface area contributed by atoms with Gasteiger partial charge in [0.1, 0.15) is 0 Å². The number of nitrogens with zero attached hydrogens (tertiary/aromatic N) is 1. The molecule has 0 aliphatic heterocycles. The Labute approximate surface area is 372 Å². The van der Waals surface area contributed by atoms with Crippen LogP contribution in [0, 0.1) is 0 Å². The highest BCUT2D eigenvalue weighted by molar-refractivity contribution is 6.01. The van der Waals surface area contributed by atoms with E-state index in [9.17, 15) is 0 Å². The molecule has 0 unspecified atom stereocenters. The molecule has 1 spiro atoms. The number of benzene rings is 9. The molecule has 0 atom stereocenters. The van der Waals surface area contributed by atoms with Crippen LogP contribution in [0.4, 0.5) is 17.1 Å². The predicted octanol–water partition coefficient (Wildman–Crippen LogP) is 16.5. The van der Waals surface area contributed by atoms with Crippen LogP contribution in [0.2, 0.25) is 0 Å². The third kappa shape index (κ3) is 5.83. The summed E-state index contributed by atoms with van der Waals surface area (Å²) in [7, 11) is 0. The molecule has 3 aliphatic rings. The number of hydrogen-bond acceptors (Lipinski definition) is 1. The lowest BCUT2D eigenvalue weighted by Crippen LogP contribution is -2.26. The second-order valence-corrected chi connectivity index (χ2v) is 18.0. The molecule has 9 aromatic carbocycles. The SMILES string of the molecule is CC(C)c1ccc2c(c1-c1cc3c(cc1N(c1ccc(-c4ccccc4)cc1)c1ccc(-c4ccccc4)cc1)C1(c4ccccc4-c4ccccc41)c1ccccc1-3)CCCC2. The van der Waals surface area contributed by atoms with Gasteiger partial charge in [-0.25, -0.2) is 0 Å². The summed E-state index contributed by atoms with van der Waals surface area (Å²) in [5.41, 5.74) is 25.8. The van der Waals surface area contributed by atoms with Crippen molar-refractivity contribution in [1.29, 1.82) is 0 Å². The van der Waals surface area contributed by atoms with E-state index >= 15 is 0 Å². The second kappa shape index (κ2) is 15.0. The Hall–Kier alpha value is -7.22. The Morgan fingerprint density at radius 3 is 1.38 bits per heavy atom. The van der Waals surface area contributed by atoms with Gasteiger partial charge >= 0.3 is 0 Å². The molecule has 12 rings (SSSR count). The average molecular weight is 808 g/mol. The zero-order valence-corrected chi connectivity index (χ0v) is 36.0. The van der Waals surface area contributed by atoms with Gasteiger partial charge in [0, 0.05) is 16.9 Å². The third-order valence-corrected chi connectivity index (χ3v) is 14.3. The normalized spacial score (nSPS) is 13.9. The fourth-order valence-corrected chi connectivity index (χ4v) is 11.5. The first-order valence-corrected chi connectivity index (χ1v) is 22.8. The third-order valence-electron chi connectivity index (χ3n) is 14.3. The number of aryl methyl sites for hydroxylation is 1. The quantitative estimate of drug-likeness (QED) is 0.155. The van der Waals surface area contributed by atoms with Crippen molar-refractivity contribution in [2.75, 3.05) is 4.90 Å². The van der Waals surface area contributed by atoms with Crippen LogP contribution in [0.1, 0.15) is 71.6 Å². The van der Waals surface area contributed by atoms with Gasteiger partial charge < -0.3 is 4.90 Å². The molecule has 0 saturated heterocycles. The van der Waals surface area contributed by atoms with E-state index in [0.29, 0.717) is 5.92 Å². The van der Waals surface area contributed by atoms with Crippen LogP contribution in [-0.4, -0.2) is 0 Å². The molecule has 0 amide bonds. The van der Waals surface area contributed by atoms with Crippen LogP contribution >= 0.6 is 0 Å². The molecular formula is C62H49N. The summed E-state index contributed by atoms with van der Waals surface area (Å²) in [5.74, 6) is 0.351. The van der Waals surface area contributed by atoms with Crippen molar-refractivity contribution in [3.8, 4) is 55.6 Å². The summed E-state index contributed by atoms with van der Waals surface area (Å²) in [6.45, 7) is 4.75. The van der Waals surface area contributed by atoms with Crippen LogP contribution < -0.4 is 4.90 Å². The number of hydrogen-bond donors (Lipinski definition) is 0. The van der Waals surface area contributed by atoms with Crippen LogP contribution in [0.25, 0.3) is 55.6 Å². The summed E-state index contributed by atoms with van der Waals surface area (Å²) >= 11 is 0. The minimum atomic E-state index is -0.469. The topological polar surface area (TPSA) is 3.24 Å². The molecule has 63 heavy (non-hydrogen) atoms. The summed E-state index contributed by atoms with van der Waals surface area (Å²) in [6.07, 6.45) is 4.69. The maximum absolute atomic E-state index is 2.62. The molecule has 0 radical (unpaired) electrons. The molecule has 0 aromatic heterocycles. The first-order chi connectivity index (χ1) is 31.1. The molecule has 9 aromatic rings. The minimum absolute atomic E-state index is 0.351. The zero-order valence-electron chi connectivity index (χ0n) is 36.0. The van der Waals surface area contributed by atoms with Crippen molar-refractivity contribution in [3.05, 3.63) is 245 Å². The van der Waals surface area contributed by atoms with Gasteiger partial charge in [-0.2, -0.15) is 0 Å². The van der Waals surface area contributed by atoms with Crippen molar-refractivity contribution in [3.63, 3.8) is 0 Å². The monoisotopic (exact) mass is 807 g/mol. The van der Waals surface area contributed by atoms with Gasteiger partial charge in [-0.3, -0.25) is 0 Å². The Bertz CT molecular complexity index is 3050. The Kier molecular flexibility index (Phi) is 8.94. The summed E-state index contributed by atoms with van der Waals surface area (Å²) in [5, 5.41) is 0. The molecular weight excluding hydrogens is 759 g/mol. The van der Waals surface area contributed by atoms with Crippen molar-refractivity contribution >= 4 is 17.1 Å². The number of fused-ring (bicyclic) bond motifs is 11. The van der Waals surface area contributed by atoms with Gasteiger partial charge in [-0.15, -0.1) is 0 Å². The van der Waals surface area contributed by atoms with Gasteiger partial charge in [0.05, 0.1) is 11.1 Å². The molecule has 0 saturated carbocycles. The van der Waals surface area contributed by atoms with Crippen molar-refractivity contribution in [2.24, 2.45) is 0 Å². The van der Waals surface area contributed by atoms with E-state index in [2.05, 4.69) is 225 Å². The highest BCUT2D eigenvalue weighted by Gasteiger charge is 2.52. The van der Waals surface area contributed by atoms with Gasteiger partial charge in [0.25, 0.3) is 0 Å². The van der Waals surface area contributed by atoms with Crippen molar-refractivity contribution in [2.45, 2.75) is 50.9 Å². The summed E-state index contributed by atoms with van der Waals surface area (Å²) in [6, 6.07) is 77.7. The molecule has 302 valence electrons. The Morgan fingerprint density at radius 1 is 0.397 bits per heavy atom. The smallest absolute Gasteiger partial charge is 0.0726 e. The lowest BCUT2D eigenvalue weighted by Gasteiger charge is -2.34. The van der Waals surface area contributed by atoms with Gasteiger partial charge in [-0.1, -0.05) is 184 Å². The highest BCUT2D eigenvalue weighted by Crippen LogP contribution is 2.64. The van der Waals surface area contributed by atoms with Crippen LogP contribution in [0.3, 0.4) is 0 Å². The predicted molar refractivity (Wildman–Crippen MR) is 264 cm³/mol. The standard InChI is InChI=1S/C62H49N/c1-41(2)49-38-33-46-21-9-10-22-50(46)61(49)55-39-54-53-25-13-16-28-58(53)62(56-26-14-11-23-51(56)52-24-12-15-27-57(52)62)59(54)40-60(55)63(47-34-29-44(30-35-47)42-17-5-3-6-18-42)48-36-31-45(32-37-48)43-19-7-4-8-20-43/h3-8,11-20,23-41H,9-10,21-22H2,1-2H3. The minimum Gasteiger partial charge on any atom is -0.310 e. The Balaban J connectivity index is 1.19. The number of anilines is 3. The molecule has 3 aliphatic carbocycles. The average Bonchev–Trinajstić information content (AvgIpc) is 3.81. The first kappa shape index (κ1) is 37.5. The van der Waals surface area contributed by atoms with Gasteiger partial charge in [0.2, 0.25) is 0 Å². The lowest BCUT2D eigenvalue weighted by atomic mass is 9.70. The maximum Gasteiger partial charge on any atom is 0.0726 e. The van der Waals surface area contributed by atoms with Crippen molar-refractivity contribution < 1.29 is 0 Å². The van der Waals surface area contributed by atoms with Crippen molar-refractivity contribution in [1.82, 2.24) is 0 Å². The fourth-order valence-electron chi connectivity index (χ4n) is 11.5. The largest absolute Gasteiger partial charge is 0.310 e. The maximum atomic E-state index is 2.62. The molecule has 1 nitrogen and oxygen atoms in total. The van der Waals surface area contributed by atoms with Crippen LogP contribution in [-0.2, 0) is 18.3 Å². The highest BCUT2D eigenvalue weighted by atomic mass is 15.1. The zero-order chi connectivity index (χ0) is 42.1. The number of rotatable bonds is 7. The van der Waals surface area contributed by atoms with Crippen LogP contribution in [0.15, 0.2) is 206 Å². The van der Waals surface area contributed by atoms with E-state index in [1.54, 1.807) is 0 Å². The molecule has 0 N–H and O–H groups in total. The van der Waals surface area contributed by atoms with E-state index in [0.717, 1.165) is 24.2 Å².